The Hall–Kier alpha value is -10.8. The van der Waals surface area contributed by atoms with Crippen LogP contribution in [0, 0.1) is 0 Å². The van der Waals surface area contributed by atoms with Crippen molar-refractivity contribution in [2.75, 3.05) is 36.2 Å². The zero-order valence-corrected chi connectivity index (χ0v) is 65.6. The van der Waals surface area contributed by atoms with E-state index >= 15 is 9.59 Å². The van der Waals surface area contributed by atoms with Gasteiger partial charge in [-0.3, -0.25) is 0 Å². The lowest BCUT2D eigenvalue weighted by Gasteiger charge is -2.51. The average molecular weight is 1510 g/mol. The molecule has 10 heteroatoms. The van der Waals surface area contributed by atoms with Crippen LogP contribution < -0.4 is 9.80 Å². The first-order chi connectivity index (χ1) is 57.4. The van der Waals surface area contributed by atoms with Crippen LogP contribution in [0.5, 0.6) is 0 Å². The highest BCUT2D eigenvalue weighted by atomic mass is 16.6. The predicted octanol–water partition coefficient (Wildman–Crippen LogP) is 26.7. The summed E-state index contributed by atoms with van der Waals surface area (Å²) in [4.78, 5) is 70.4. The van der Waals surface area contributed by atoms with Gasteiger partial charge in [0.15, 0.2) is 12.1 Å². The molecular weight excluding hydrogens is 1430 g/mol. The Morgan fingerprint density at radius 1 is 0.216 bits per heavy atom. The van der Waals surface area contributed by atoms with Crippen LogP contribution in [0.1, 0.15) is 204 Å². The maximum absolute atomic E-state index is 18.3. The predicted molar refractivity (Wildman–Crippen MR) is 478 cm³/mol. The number of unbranched alkanes of at least 4 members (excludes halogenated alkanes) is 20. The quantitative estimate of drug-likeness (QED) is 0.0127. The van der Waals surface area contributed by atoms with E-state index in [-0.39, 0.29) is 25.2 Å². The van der Waals surface area contributed by atoms with Crippen LogP contribution >= 0.6 is 0 Å². The minimum Gasteiger partial charge on any atom is -0.464 e. The number of benzene rings is 19. The number of carbonyl (C=O) groups excluding carboxylic acids is 4. The van der Waals surface area contributed by atoms with Gasteiger partial charge in [-0.2, -0.15) is 0 Å². The van der Waals surface area contributed by atoms with E-state index in [1.54, 1.807) is 10.8 Å². The molecule has 35 rings (SSSR count). The molecule has 0 radical (unpaired) electrons. The van der Waals surface area contributed by atoms with Crippen molar-refractivity contribution < 1.29 is 38.1 Å². The van der Waals surface area contributed by atoms with Gasteiger partial charge in [0.2, 0.25) is 0 Å². The van der Waals surface area contributed by atoms with Gasteiger partial charge in [-0.25, -0.2) is 19.2 Å². The Bertz CT molecular complexity index is 8190. The normalized spacial score (nSPS) is 21.2. The average Bonchev–Trinajstić information content (AvgIpc) is 1.38. The van der Waals surface area contributed by atoms with Gasteiger partial charge in [0.1, 0.15) is 12.1 Å². The van der Waals surface area contributed by atoms with Gasteiger partial charge in [-0.1, -0.05) is 156 Å². The van der Waals surface area contributed by atoms with Crippen molar-refractivity contribution in [1.29, 1.82) is 0 Å². The molecule has 0 aromatic heterocycles. The van der Waals surface area contributed by atoms with Gasteiger partial charge in [0, 0.05) is 11.4 Å². The first kappa shape index (κ1) is 59.8. The van der Waals surface area contributed by atoms with E-state index in [0.717, 1.165) is 134 Å². The minimum atomic E-state index is -1.27. The topological polar surface area (TPSA) is 111 Å². The largest absolute Gasteiger partial charge is 0.464 e. The Morgan fingerprint density at radius 3 is 0.560 bits per heavy atom. The molecule has 0 unspecified atom stereocenters. The summed E-state index contributed by atoms with van der Waals surface area (Å²) >= 11 is 0. The van der Waals surface area contributed by atoms with Crippen molar-refractivity contribution in [3.8, 4) is 0 Å². The van der Waals surface area contributed by atoms with Crippen LogP contribution in [-0.4, -0.2) is 74.5 Å². The standard InChI is InChI=1S/C106H76N2O8/c1-5-9-13-17-21-25-33-113-101(109)97-98(102(110)114-34-26-22-18-14-10-6-2)107(97)37-29-31-38(32-30-37)108-99(103(111)115-35-27-23-19-15-11-7-3)105-93-85-77-67-57-49-41-39-40-43-47-45(41)53-61-55(47)65-59-51(43)52-44(40)48-46-42(39)50(49)58-64-54(46)62-56(48)66-60(52)70-69(59)79-73(65)83-75(61)81(71(77)63(53)57)89(93)91(83)95-87(79)88-80(70)74(66)84-76(62)82-72(64)78(68(58)67)86(85)94(105)90(82)92(84)96(88)106(95,105)100(108)104(112)116-36-28-24-20-16-12-8-4/h29-32,97-100H,5-28,33-36H2,1-4H3/t97-,98+,99-,100-,105?,106?,107?/m0/s1. The molecule has 10 nitrogen and oxygen atoms in total. The molecule has 2 heterocycles. The molecule has 0 bridgehead atoms. The highest BCUT2D eigenvalue weighted by Crippen LogP contribution is 2.87. The molecule has 0 N–H and O–H groups in total. The summed E-state index contributed by atoms with van der Waals surface area (Å²) in [5, 5.41) is 78.5. The third kappa shape index (κ3) is 5.04. The summed E-state index contributed by atoms with van der Waals surface area (Å²) in [5.74, 6) is -1.38. The molecule has 116 heavy (non-hydrogen) atoms. The van der Waals surface area contributed by atoms with Crippen molar-refractivity contribution in [3.05, 3.63) is 46.5 Å². The molecule has 29 aromatic rings. The third-order valence-electron chi connectivity index (χ3n) is 35.0. The van der Waals surface area contributed by atoms with Crippen LogP contribution in [0.15, 0.2) is 24.3 Å². The number of esters is 4. The monoisotopic (exact) mass is 1500 g/mol. The molecule has 4 atom stereocenters. The zero-order valence-electron chi connectivity index (χ0n) is 65.6. The van der Waals surface area contributed by atoms with E-state index < -0.39 is 46.9 Å². The van der Waals surface area contributed by atoms with Crippen LogP contribution in [0.2, 0.25) is 0 Å². The van der Waals surface area contributed by atoms with Crippen LogP contribution in [0.4, 0.5) is 11.4 Å². The number of hydrogen-bond acceptors (Lipinski definition) is 10. The van der Waals surface area contributed by atoms with Gasteiger partial charge in [-0.05, 0) is 363 Å². The second-order valence-corrected chi connectivity index (χ2v) is 39.1. The number of anilines is 2. The number of hydrogen-bond donors (Lipinski definition) is 0. The lowest BCUT2D eigenvalue weighted by Crippen LogP contribution is -2.59. The number of carbonyl (C=O) groups is 4. The zero-order chi connectivity index (χ0) is 74.9. The van der Waals surface area contributed by atoms with E-state index in [1.807, 2.05) is 4.90 Å². The Balaban J connectivity index is 0.702. The van der Waals surface area contributed by atoms with Gasteiger partial charge in [0.05, 0.1) is 37.3 Å². The summed E-state index contributed by atoms with van der Waals surface area (Å²) in [6.07, 6.45) is 25.2. The Kier molecular flexibility index (Phi) is 9.35. The van der Waals surface area contributed by atoms with Crippen molar-refractivity contribution >= 4 is 326 Å². The van der Waals surface area contributed by atoms with Gasteiger partial charge < -0.3 is 28.7 Å². The van der Waals surface area contributed by atoms with E-state index in [9.17, 15) is 9.59 Å². The van der Waals surface area contributed by atoms with Gasteiger partial charge in [-0.15, -0.1) is 0 Å². The molecule has 4 aliphatic carbocycles. The van der Waals surface area contributed by atoms with Crippen LogP contribution in [0.25, 0.3) is 291 Å². The highest BCUT2D eigenvalue weighted by Gasteiger charge is 2.83. The van der Waals surface area contributed by atoms with Crippen molar-refractivity contribution in [3.63, 3.8) is 0 Å². The molecule has 2 aliphatic heterocycles. The highest BCUT2D eigenvalue weighted by molar-refractivity contribution is 6.82. The van der Waals surface area contributed by atoms with Gasteiger partial charge >= 0.3 is 23.9 Å². The van der Waals surface area contributed by atoms with Crippen molar-refractivity contribution in [2.45, 2.75) is 217 Å². The molecule has 0 saturated carbocycles. The molecule has 2 saturated heterocycles. The number of rotatable bonds is 34. The summed E-state index contributed by atoms with van der Waals surface area (Å²) in [6.45, 7) is 10.1. The summed E-state index contributed by atoms with van der Waals surface area (Å²) < 4.78 is 27.2. The molecule has 29 aromatic carbocycles. The molecule has 558 valence electrons. The molecule has 6 aliphatic rings. The molecule has 0 amide bonds. The second kappa shape index (κ2) is 18.1. The fourth-order valence-electron chi connectivity index (χ4n) is 32.2. The fraction of sp³-hybridized carbons (Fsp3) is 0.358. The summed E-state index contributed by atoms with van der Waals surface area (Å²) in [5.41, 5.74) is 3.96. The maximum atomic E-state index is 18.3. The molecule has 2 fully saturated rings. The van der Waals surface area contributed by atoms with E-state index in [2.05, 4.69) is 56.9 Å². The van der Waals surface area contributed by atoms with Gasteiger partial charge in [0.25, 0.3) is 0 Å². The van der Waals surface area contributed by atoms with Crippen LogP contribution in [0.3, 0.4) is 0 Å². The summed E-state index contributed by atoms with van der Waals surface area (Å²) in [6, 6.07) is 4.47. The number of nitrogens with zero attached hydrogens (tertiary/aromatic N) is 2. The first-order valence-electron chi connectivity index (χ1n) is 45.5. The smallest absolute Gasteiger partial charge is 0.331 e. The SMILES string of the molecule is CCCCCCCCOC(=O)[C@@H]1[C@H](C(=O)OCCCCCCCC)N1c1ccc(N2[C@@H](C(=O)OCCCCCCCC)C34c5c6c7c8c9c%10c(c%11c%12c3c3c5c5c%13c6c6c7c7c9c9c%14c%10c%10c%11c%11c%12c%12c3c3c5c5c%13c%13c6c6c7c9c7c9c%14c%10c%10c%11c%11c%12c3c3c5c5c%13c6c7c6c9c%10c%11c3c56)C84[C@@H]2C(=O)OCCCCCCCC)cc1. The molecular formula is C106H76N2O8. The Labute approximate surface area is 659 Å². The second-order valence-electron chi connectivity index (χ2n) is 39.1. The third-order valence-corrected chi connectivity index (χ3v) is 35.0. The number of ether oxygens (including phenoxy) is 4. The minimum absolute atomic E-state index is 0.266. The van der Waals surface area contributed by atoms with E-state index in [0.29, 0.717) is 18.9 Å². The van der Waals surface area contributed by atoms with Crippen molar-refractivity contribution in [1.82, 2.24) is 0 Å². The van der Waals surface area contributed by atoms with Crippen molar-refractivity contribution in [2.24, 2.45) is 0 Å². The van der Waals surface area contributed by atoms with E-state index in [1.165, 1.54) is 328 Å². The summed E-state index contributed by atoms with van der Waals surface area (Å²) in [7, 11) is 0. The Morgan fingerprint density at radius 2 is 0.371 bits per heavy atom. The lowest BCUT2D eigenvalue weighted by molar-refractivity contribution is -0.147. The lowest BCUT2D eigenvalue weighted by atomic mass is 9.46. The maximum Gasteiger partial charge on any atom is 0.331 e. The fourth-order valence-corrected chi connectivity index (χ4v) is 32.2. The first-order valence-corrected chi connectivity index (χ1v) is 45.5. The molecule has 2 spiro atoms. The van der Waals surface area contributed by atoms with Crippen LogP contribution in [-0.2, 0) is 49.0 Å². The van der Waals surface area contributed by atoms with E-state index in [4.69, 9.17) is 18.9 Å².